The molecule has 0 bridgehead atoms. The summed E-state index contributed by atoms with van der Waals surface area (Å²) in [5.41, 5.74) is 6.89. The quantitative estimate of drug-likeness (QED) is 0.776. The molecule has 1 aromatic rings. The number of ether oxygens (including phenoxy) is 1. The second-order valence-corrected chi connectivity index (χ2v) is 4.96. The Hall–Kier alpha value is -1.40. The SMILES string of the molecule is CCOCCN1CCN(c2nc(N)ncc2CC)CC1. The van der Waals surface area contributed by atoms with Crippen LogP contribution in [0.2, 0.25) is 0 Å². The summed E-state index contributed by atoms with van der Waals surface area (Å²) in [5.74, 6) is 1.36. The van der Waals surface area contributed by atoms with Crippen LogP contribution in [-0.2, 0) is 11.2 Å². The minimum atomic E-state index is 0.357. The molecule has 0 aromatic carbocycles. The lowest BCUT2D eigenvalue weighted by atomic mass is 10.2. The predicted molar refractivity (Wildman–Crippen MR) is 81.0 cm³/mol. The molecular formula is C14H25N5O. The third-order valence-corrected chi connectivity index (χ3v) is 3.67. The Labute approximate surface area is 120 Å². The van der Waals surface area contributed by atoms with Crippen molar-refractivity contribution < 1.29 is 4.74 Å². The van der Waals surface area contributed by atoms with Gasteiger partial charge in [-0.1, -0.05) is 6.92 Å². The first-order valence-corrected chi connectivity index (χ1v) is 7.41. The molecule has 0 unspecified atom stereocenters. The summed E-state index contributed by atoms with van der Waals surface area (Å²) in [6.45, 7) is 10.8. The zero-order chi connectivity index (χ0) is 14.4. The Balaban J connectivity index is 1.91. The smallest absolute Gasteiger partial charge is 0.221 e. The summed E-state index contributed by atoms with van der Waals surface area (Å²) in [6.07, 6.45) is 2.78. The van der Waals surface area contributed by atoms with Crippen molar-refractivity contribution >= 4 is 11.8 Å². The average Bonchev–Trinajstić information content (AvgIpc) is 2.48. The van der Waals surface area contributed by atoms with Crippen molar-refractivity contribution in [2.45, 2.75) is 20.3 Å². The average molecular weight is 279 g/mol. The zero-order valence-corrected chi connectivity index (χ0v) is 12.5. The molecular weight excluding hydrogens is 254 g/mol. The van der Waals surface area contributed by atoms with E-state index in [9.17, 15) is 0 Å². The summed E-state index contributed by atoms with van der Waals surface area (Å²) in [7, 11) is 0. The van der Waals surface area contributed by atoms with Crippen molar-refractivity contribution in [3.63, 3.8) is 0 Å². The highest BCUT2D eigenvalue weighted by Crippen LogP contribution is 2.20. The molecule has 0 saturated carbocycles. The van der Waals surface area contributed by atoms with Crippen LogP contribution in [0.15, 0.2) is 6.20 Å². The van der Waals surface area contributed by atoms with Crippen LogP contribution >= 0.6 is 0 Å². The van der Waals surface area contributed by atoms with Crippen LogP contribution in [0.4, 0.5) is 11.8 Å². The van der Waals surface area contributed by atoms with Crippen LogP contribution in [0.1, 0.15) is 19.4 Å². The number of nitrogen functional groups attached to an aromatic ring is 1. The molecule has 1 aliphatic heterocycles. The molecule has 0 amide bonds. The molecule has 1 fully saturated rings. The van der Waals surface area contributed by atoms with E-state index in [4.69, 9.17) is 10.5 Å². The number of nitrogens with zero attached hydrogens (tertiary/aromatic N) is 4. The summed E-state index contributed by atoms with van der Waals surface area (Å²) in [4.78, 5) is 13.2. The molecule has 2 rings (SSSR count). The predicted octanol–water partition coefficient (Wildman–Crippen LogP) is 0.780. The summed E-state index contributed by atoms with van der Waals surface area (Å²) >= 11 is 0. The number of nitrogens with two attached hydrogens (primary N) is 1. The Kier molecular flexibility index (Phi) is 5.55. The van der Waals surface area contributed by atoms with Crippen molar-refractivity contribution in [3.8, 4) is 0 Å². The van der Waals surface area contributed by atoms with Gasteiger partial charge in [0.1, 0.15) is 5.82 Å². The van der Waals surface area contributed by atoms with E-state index in [0.29, 0.717) is 5.95 Å². The van der Waals surface area contributed by atoms with Crippen molar-refractivity contribution in [2.24, 2.45) is 0 Å². The van der Waals surface area contributed by atoms with Crippen LogP contribution in [-0.4, -0.2) is 60.8 Å². The minimum absolute atomic E-state index is 0.357. The van der Waals surface area contributed by atoms with E-state index in [0.717, 1.165) is 58.2 Å². The second-order valence-electron chi connectivity index (χ2n) is 4.96. The summed E-state index contributed by atoms with van der Waals surface area (Å²) in [5, 5.41) is 0. The van der Waals surface area contributed by atoms with Gasteiger partial charge in [0.05, 0.1) is 6.61 Å². The Morgan fingerprint density at radius 1 is 1.25 bits per heavy atom. The van der Waals surface area contributed by atoms with E-state index in [1.165, 1.54) is 5.56 Å². The molecule has 2 N–H and O–H groups in total. The molecule has 1 aromatic heterocycles. The van der Waals surface area contributed by atoms with Gasteiger partial charge in [-0.05, 0) is 13.3 Å². The molecule has 1 aliphatic rings. The fourth-order valence-corrected chi connectivity index (χ4v) is 2.46. The van der Waals surface area contributed by atoms with Crippen molar-refractivity contribution in [1.29, 1.82) is 0 Å². The van der Waals surface area contributed by atoms with Gasteiger partial charge in [-0.2, -0.15) is 4.98 Å². The number of aryl methyl sites for hydroxylation is 1. The van der Waals surface area contributed by atoms with Gasteiger partial charge in [0.25, 0.3) is 0 Å². The molecule has 0 atom stereocenters. The number of hydrogen-bond acceptors (Lipinski definition) is 6. The second kappa shape index (κ2) is 7.40. The number of piperazine rings is 1. The first kappa shape index (κ1) is 15.0. The lowest BCUT2D eigenvalue weighted by Crippen LogP contribution is -2.48. The van der Waals surface area contributed by atoms with E-state index in [2.05, 4.69) is 26.7 Å². The maximum absolute atomic E-state index is 5.72. The lowest BCUT2D eigenvalue weighted by molar-refractivity contribution is 0.111. The monoisotopic (exact) mass is 279 g/mol. The van der Waals surface area contributed by atoms with Crippen LogP contribution in [0.3, 0.4) is 0 Å². The van der Waals surface area contributed by atoms with Crippen LogP contribution in [0.5, 0.6) is 0 Å². The minimum Gasteiger partial charge on any atom is -0.380 e. The molecule has 0 aliphatic carbocycles. The number of aromatic nitrogens is 2. The highest BCUT2D eigenvalue weighted by atomic mass is 16.5. The molecule has 0 radical (unpaired) electrons. The van der Waals surface area contributed by atoms with Gasteiger partial charge < -0.3 is 15.4 Å². The maximum Gasteiger partial charge on any atom is 0.221 e. The lowest BCUT2D eigenvalue weighted by Gasteiger charge is -2.36. The third kappa shape index (κ3) is 3.80. The summed E-state index contributed by atoms with van der Waals surface area (Å²) in [6, 6.07) is 0. The maximum atomic E-state index is 5.72. The molecule has 6 nitrogen and oxygen atoms in total. The Bertz CT molecular complexity index is 418. The van der Waals surface area contributed by atoms with Gasteiger partial charge >= 0.3 is 0 Å². The van der Waals surface area contributed by atoms with E-state index >= 15 is 0 Å². The molecule has 20 heavy (non-hydrogen) atoms. The molecule has 0 spiro atoms. The zero-order valence-electron chi connectivity index (χ0n) is 12.5. The van der Waals surface area contributed by atoms with Crippen molar-refractivity contribution in [3.05, 3.63) is 11.8 Å². The van der Waals surface area contributed by atoms with Crippen molar-refractivity contribution in [2.75, 3.05) is 56.6 Å². The molecule has 1 saturated heterocycles. The van der Waals surface area contributed by atoms with Gasteiger partial charge in [-0.15, -0.1) is 0 Å². The van der Waals surface area contributed by atoms with Gasteiger partial charge in [-0.25, -0.2) is 4.98 Å². The van der Waals surface area contributed by atoms with Gasteiger partial charge in [0, 0.05) is 51.1 Å². The van der Waals surface area contributed by atoms with Gasteiger partial charge in [-0.3, -0.25) is 4.90 Å². The van der Waals surface area contributed by atoms with E-state index in [1.54, 1.807) is 0 Å². The highest BCUT2D eigenvalue weighted by molar-refractivity contribution is 5.49. The van der Waals surface area contributed by atoms with Crippen LogP contribution in [0.25, 0.3) is 0 Å². The molecule has 6 heteroatoms. The van der Waals surface area contributed by atoms with Gasteiger partial charge in [0.15, 0.2) is 0 Å². The third-order valence-electron chi connectivity index (χ3n) is 3.67. The largest absolute Gasteiger partial charge is 0.380 e. The fraction of sp³-hybridized carbons (Fsp3) is 0.714. The van der Waals surface area contributed by atoms with Crippen molar-refractivity contribution in [1.82, 2.24) is 14.9 Å². The van der Waals surface area contributed by atoms with E-state index in [1.807, 2.05) is 13.1 Å². The molecule has 2 heterocycles. The van der Waals surface area contributed by atoms with Crippen LogP contribution in [0, 0.1) is 0 Å². The number of rotatable bonds is 6. The number of anilines is 2. The topological polar surface area (TPSA) is 67.5 Å². The standard InChI is InChI=1S/C14H25N5O/c1-3-12-11-16-14(15)17-13(12)19-7-5-18(6-8-19)9-10-20-4-2/h11H,3-10H2,1-2H3,(H2,15,16,17). The Morgan fingerprint density at radius 2 is 2.00 bits per heavy atom. The Morgan fingerprint density at radius 3 is 2.65 bits per heavy atom. The fourth-order valence-electron chi connectivity index (χ4n) is 2.46. The van der Waals surface area contributed by atoms with Gasteiger partial charge in [0.2, 0.25) is 5.95 Å². The van der Waals surface area contributed by atoms with Crippen LogP contribution < -0.4 is 10.6 Å². The first-order chi connectivity index (χ1) is 9.74. The summed E-state index contributed by atoms with van der Waals surface area (Å²) < 4.78 is 5.41. The normalized spacial score (nSPS) is 16.6. The number of hydrogen-bond donors (Lipinski definition) is 1. The molecule has 112 valence electrons. The van der Waals surface area contributed by atoms with E-state index < -0.39 is 0 Å². The highest BCUT2D eigenvalue weighted by Gasteiger charge is 2.20. The first-order valence-electron chi connectivity index (χ1n) is 7.41. The van der Waals surface area contributed by atoms with E-state index in [-0.39, 0.29) is 0 Å².